The first-order valence-corrected chi connectivity index (χ1v) is 12.6. The van der Waals surface area contributed by atoms with E-state index in [1.54, 1.807) is 24.6 Å². The summed E-state index contributed by atoms with van der Waals surface area (Å²) in [6.45, 7) is 4.68. The fourth-order valence-corrected chi connectivity index (χ4v) is 5.10. The number of likely N-dealkylation sites (tertiary alicyclic amines) is 1. The fraction of sp³-hybridized carbons (Fsp3) is 0.269. The van der Waals surface area contributed by atoms with Gasteiger partial charge in [-0.05, 0) is 49.7 Å². The van der Waals surface area contributed by atoms with E-state index >= 15 is 0 Å². The number of nitrogens with zero attached hydrogens (tertiary/aromatic N) is 5. The lowest BCUT2D eigenvalue weighted by Gasteiger charge is -2.21. The number of aliphatic imine (C=N–C) groups is 1. The smallest absolute Gasteiger partial charge is 0.263 e. The molecule has 1 amide bonds. The Morgan fingerprint density at radius 3 is 2.86 bits per heavy atom. The molecule has 2 aromatic heterocycles. The summed E-state index contributed by atoms with van der Waals surface area (Å²) >= 11 is 1.57. The Morgan fingerprint density at radius 1 is 1.25 bits per heavy atom. The van der Waals surface area contributed by atoms with Gasteiger partial charge in [0.25, 0.3) is 5.91 Å². The molecule has 1 fully saturated rings. The van der Waals surface area contributed by atoms with Crippen LogP contribution in [-0.4, -0.2) is 57.7 Å². The number of nitrogens with two attached hydrogens (primary N) is 1. The van der Waals surface area contributed by atoms with E-state index in [2.05, 4.69) is 25.3 Å². The van der Waals surface area contributed by atoms with Crippen molar-refractivity contribution in [3.8, 4) is 5.75 Å². The number of nitrogens with one attached hydrogen (secondary N) is 1. The second-order valence-electron chi connectivity index (χ2n) is 8.78. The van der Waals surface area contributed by atoms with Crippen molar-refractivity contribution in [2.75, 3.05) is 18.9 Å². The maximum Gasteiger partial charge on any atom is 0.263 e. The SMILES string of the molecule is CN=C/C(=C\N)c1cc(OC2CCN(C(C)C)C2=O)c2c(Nc3ccc4ncsc4c3)ncnc2c1. The molecule has 4 aromatic rings. The molecule has 5 rings (SSSR count). The summed E-state index contributed by atoms with van der Waals surface area (Å²) in [7, 11) is 1.68. The van der Waals surface area contributed by atoms with Crippen LogP contribution in [0.15, 0.2) is 53.4 Å². The maximum atomic E-state index is 13.0. The molecule has 184 valence electrons. The average Bonchev–Trinajstić information content (AvgIpc) is 3.48. The number of thiazole rings is 1. The van der Waals surface area contributed by atoms with Gasteiger partial charge >= 0.3 is 0 Å². The number of allylic oxidation sites excluding steroid dienone is 1. The van der Waals surface area contributed by atoms with Gasteiger partial charge in [-0.15, -0.1) is 11.3 Å². The molecule has 0 saturated carbocycles. The Labute approximate surface area is 212 Å². The first kappa shape index (κ1) is 23.7. The molecule has 9 nitrogen and oxygen atoms in total. The van der Waals surface area contributed by atoms with Gasteiger partial charge < -0.3 is 20.7 Å². The third-order valence-electron chi connectivity index (χ3n) is 6.16. The number of carbonyl (C=O) groups is 1. The van der Waals surface area contributed by atoms with Crippen LogP contribution >= 0.6 is 11.3 Å². The van der Waals surface area contributed by atoms with Crippen molar-refractivity contribution in [1.29, 1.82) is 0 Å². The van der Waals surface area contributed by atoms with Crippen LogP contribution in [0.1, 0.15) is 25.8 Å². The number of carbonyl (C=O) groups excluding carboxylic acids is 1. The molecule has 0 radical (unpaired) electrons. The highest BCUT2D eigenvalue weighted by molar-refractivity contribution is 7.16. The van der Waals surface area contributed by atoms with E-state index in [1.807, 2.05) is 54.6 Å². The molecule has 0 aliphatic carbocycles. The summed E-state index contributed by atoms with van der Waals surface area (Å²) in [6.07, 6.45) is 4.69. The first-order valence-electron chi connectivity index (χ1n) is 11.7. The lowest BCUT2D eigenvalue weighted by molar-refractivity contribution is -0.134. The Bertz CT molecular complexity index is 1490. The van der Waals surface area contributed by atoms with Crippen molar-refractivity contribution >= 4 is 61.7 Å². The standard InChI is InChI=1S/C26H27N7O2S/c1-15(2)33-7-6-21(26(33)34)35-22-9-16(17(11-27)12-28-3)8-20-24(22)25(30-13-29-20)32-18-4-5-19-23(10-18)36-14-31-19/h4-5,8-15,21H,6-7,27H2,1-3H3,(H,29,30,32)/b17-11+,28-12?. The van der Waals surface area contributed by atoms with Crippen LogP contribution in [0.5, 0.6) is 5.75 Å². The number of rotatable bonds is 7. The Morgan fingerprint density at radius 2 is 2.11 bits per heavy atom. The fourth-order valence-electron chi connectivity index (χ4n) is 4.38. The van der Waals surface area contributed by atoms with Crippen LogP contribution in [0.2, 0.25) is 0 Å². The second-order valence-corrected chi connectivity index (χ2v) is 9.67. The summed E-state index contributed by atoms with van der Waals surface area (Å²) in [5, 5.41) is 4.09. The van der Waals surface area contributed by atoms with Crippen molar-refractivity contribution < 1.29 is 9.53 Å². The molecule has 10 heteroatoms. The highest BCUT2D eigenvalue weighted by atomic mass is 32.1. The normalized spacial score (nSPS) is 16.7. The Hall–Kier alpha value is -4.05. The van der Waals surface area contributed by atoms with E-state index in [-0.39, 0.29) is 11.9 Å². The van der Waals surface area contributed by atoms with E-state index in [1.165, 1.54) is 12.5 Å². The number of aromatic nitrogens is 3. The molecular formula is C26H27N7O2S. The monoisotopic (exact) mass is 501 g/mol. The Balaban J connectivity index is 1.61. The van der Waals surface area contributed by atoms with Crippen LogP contribution in [0.4, 0.5) is 11.5 Å². The summed E-state index contributed by atoms with van der Waals surface area (Å²) in [6, 6.07) is 9.85. The number of fused-ring (bicyclic) bond motifs is 2. The van der Waals surface area contributed by atoms with E-state index < -0.39 is 6.10 Å². The van der Waals surface area contributed by atoms with Gasteiger partial charge in [-0.25, -0.2) is 15.0 Å². The first-order chi connectivity index (χ1) is 17.5. The number of ether oxygens (including phenoxy) is 1. The minimum absolute atomic E-state index is 0.0183. The van der Waals surface area contributed by atoms with Gasteiger partial charge in [0.2, 0.25) is 0 Å². The van der Waals surface area contributed by atoms with Crippen LogP contribution in [0.3, 0.4) is 0 Å². The minimum atomic E-state index is -0.586. The van der Waals surface area contributed by atoms with Crippen LogP contribution in [-0.2, 0) is 4.79 Å². The molecule has 1 atom stereocenters. The van der Waals surface area contributed by atoms with Crippen molar-refractivity contribution in [1.82, 2.24) is 19.9 Å². The molecule has 3 N–H and O–H groups in total. The molecule has 1 unspecified atom stereocenters. The van der Waals surface area contributed by atoms with Crippen LogP contribution in [0.25, 0.3) is 26.7 Å². The molecule has 2 aromatic carbocycles. The second kappa shape index (κ2) is 9.90. The van der Waals surface area contributed by atoms with Gasteiger partial charge in [0.15, 0.2) is 6.10 Å². The molecular weight excluding hydrogens is 474 g/mol. The van der Waals surface area contributed by atoms with Crippen molar-refractivity contribution in [2.24, 2.45) is 10.7 Å². The zero-order valence-corrected chi connectivity index (χ0v) is 21.1. The third kappa shape index (κ3) is 4.47. The zero-order valence-electron chi connectivity index (χ0n) is 20.3. The molecule has 0 spiro atoms. The minimum Gasteiger partial charge on any atom is -0.480 e. The largest absolute Gasteiger partial charge is 0.480 e. The summed E-state index contributed by atoms with van der Waals surface area (Å²) in [4.78, 5) is 32.4. The highest BCUT2D eigenvalue weighted by Gasteiger charge is 2.35. The van der Waals surface area contributed by atoms with Gasteiger partial charge in [-0.2, -0.15) is 0 Å². The van der Waals surface area contributed by atoms with Crippen molar-refractivity contribution in [3.63, 3.8) is 0 Å². The predicted molar refractivity (Wildman–Crippen MR) is 145 cm³/mol. The lowest BCUT2D eigenvalue weighted by atomic mass is 10.0. The van der Waals surface area contributed by atoms with Crippen LogP contribution in [0, 0.1) is 0 Å². The molecule has 1 aliphatic rings. The molecule has 1 aliphatic heterocycles. The summed E-state index contributed by atoms with van der Waals surface area (Å²) < 4.78 is 7.47. The molecule has 36 heavy (non-hydrogen) atoms. The maximum absolute atomic E-state index is 13.0. The average molecular weight is 502 g/mol. The van der Waals surface area contributed by atoms with Gasteiger partial charge in [0, 0.05) is 49.7 Å². The highest BCUT2D eigenvalue weighted by Crippen LogP contribution is 2.36. The van der Waals surface area contributed by atoms with E-state index in [0.29, 0.717) is 35.4 Å². The van der Waals surface area contributed by atoms with Crippen LogP contribution < -0.4 is 15.8 Å². The molecule has 1 saturated heterocycles. The number of hydrogen-bond donors (Lipinski definition) is 2. The van der Waals surface area contributed by atoms with Gasteiger partial charge in [0.05, 0.1) is 26.6 Å². The van der Waals surface area contributed by atoms with Crippen molar-refractivity contribution in [2.45, 2.75) is 32.4 Å². The number of anilines is 2. The Kier molecular flexibility index (Phi) is 6.51. The summed E-state index contributed by atoms with van der Waals surface area (Å²) in [5.74, 6) is 1.08. The lowest BCUT2D eigenvalue weighted by Crippen LogP contribution is -2.36. The number of hydrogen-bond acceptors (Lipinski definition) is 9. The van der Waals surface area contributed by atoms with Gasteiger partial charge in [-0.3, -0.25) is 9.79 Å². The molecule has 0 bridgehead atoms. The number of benzene rings is 2. The van der Waals surface area contributed by atoms with E-state index in [0.717, 1.165) is 27.0 Å². The topological polar surface area (TPSA) is 119 Å². The third-order valence-corrected chi connectivity index (χ3v) is 6.95. The number of amides is 1. The van der Waals surface area contributed by atoms with E-state index in [9.17, 15) is 4.79 Å². The van der Waals surface area contributed by atoms with Gasteiger partial charge in [0.1, 0.15) is 17.9 Å². The van der Waals surface area contributed by atoms with E-state index in [4.69, 9.17) is 10.5 Å². The van der Waals surface area contributed by atoms with Crippen molar-refractivity contribution in [3.05, 3.63) is 53.9 Å². The van der Waals surface area contributed by atoms with Gasteiger partial charge in [-0.1, -0.05) is 0 Å². The zero-order chi connectivity index (χ0) is 25.2. The summed E-state index contributed by atoms with van der Waals surface area (Å²) in [5.41, 5.74) is 11.7. The predicted octanol–water partition coefficient (Wildman–Crippen LogP) is 4.37. The molecule has 3 heterocycles. The quantitative estimate of drug-likeness (QED) is 0.361.